The molecule has 0 spiro atoms. The SMILES string of the molecule is O=C(O)COC(O)(CC(=O)O)C(=O)O. The molecular formula is C6H8O8. The molecule has 0 heterocycles. The molecule has 0 saturated carbocycles. The van der Waals surface area contributed by atoms with Gasteiger partial charge < -0.3 is 25.2 Å². The Balaban J connectivity index is 4.47. The van der Waals surface area contributed by atoms with E-state index < -0.39 is 36.7 Å². The van der Waals surface area contributed by atoms with Crippen molar-refractivity contribution in [2.45, 2.75) is 12.2 Å². The van der Waals surface area contributed by atoms with Crippen LogP contribution in [0, 0.1) is 0 Å². The van der Waals surface area contributed by atoms with E-state index in [2.05, 4.69) is 4.74 Å². The van der Waals surface area contributed by atoms with Crippen LogP contribution in [0.25, 0.3) is 0 Å². The highest BCUT2D eigenvalue weighted by molar-refractivity contribution is 5.82. The first kappa shape index (κ1) is 12.3. The van der Waals surface area contributed by atoms with E-state index in [0.717, 1.165) is 0 Å². The van der Waals surface area contributed by atoms with E-state index in [0.29, 0.717) is 0 Å². The topological polar surface area (TPSA) is 141 Å². The van der Waals surface area contributed by atoms with Gasteiger partial charge in [0.25, 0.3) is 5.79 Å². The molecule has 0 aliphatic carbocycles. The lowest BCUT2D eigenvalue weighted by atomic mass is 10.2. The highest BCUT2D eigenvalue weighted by atomic mass is 16.7. The third-order valence-corrected chi connectivity index (χ3v) is 1.16. The third kappa shape index (κ3) is 3.83. The second-order valence-corrected chi connectivity index (χ2v) is 2.34. The van der Waals surface area contributed by atoms with Gasteiger partial charge in [-0.2, -0.15) is 0 Å². The largest absolute Gasteiger partial charge is 0.481 e. The Morgan fingerprint density at radius 2 is 1.57 bits per heavy atom. The zero-order valence-corrected chi connectivity index (χ0v) is 6.84. The van der Waals surface area contributed by atoms with Crippen LogP contribution >= 0.6 is 0 Å². The van der Waals surface area contributed by atoms with Crippen LogP contribution in [-0.4, -0.2) is 50.7 Å². The molecule has 0 aliphatic rings. The molecule has 0 radical (unpaired) electrons. The summed E-state index contributed by atoms with van der Waals surface area (Å²) in [5.41, 5.74) is 0. The molecular weight excluding hydrogens is 200 g/mol. The van der Waals surface area contributed by atoms with Gasteiger partial charge in [0.2, 0.25) is 0 Å². The number of rotatable bonds is 6. The maximum Gasteiger partial charge on any atom is 0.364 e. The van der Waals surface area contributed by atoms with Crippen LogP contribution in [0.1, 0.15) is 6.42 Å². The molecule has 8 nitrogen and oxygen atoms in total. The molecule has 0 fully saturated rings. The van der Waals surface area contributed by atoms with Crippen molar-refractivity contribution in [1.29, 1.82) is 0 Å². The fraction of sp³-hybridized carbons (Fsp3) is 0.500. The van der Waals surface area contributed by atoms with Crippen molar-refractivity contribution in [3.05, 3.63) is 0 Å². The standard InChI is InChI=1S/C6H8O8/c7-3(8)1-6(13,5(11)12)14-2-4(9)10/h13H,1-2H2,(H,7,8)(H,9,10)(H,11,12). The quantitative estimate of drug-likeness (QED) is 0.380. The van der Waals surface area contributed by atoms with Gasteiger partial charge in [-0.3, -0.25) is 4.79 Å². The van der Waals surface area contributed by atoms with Crippen LogP contribution in [0.3, 0.4) is 0 Å². The molecule has 0 rings (SSSR count). The summed E-state index contributed by atoms with van der Waals surface area (Å²) < 4.78 is 4.04. The zero-order chi connectivity index (χ0) is 11.4. The molecule has 0 saturated heterocycles. The molecule has 14 heavy (non-hydrogen) atoms. The first-order chi connectivity index (χ1) is 6.28. The average molecular weight is 208 g/mol. The number of carboxylic acids is 3. The molecule has 4 N–H and O–H groups in total. The van der Waals surface area contributed by atoms with E-state index in [4.69, 9.17) is 20.4 Å². The molecule has 1 atom stereocenters. The second-order valence-electron chi connectivity index (χ2n) is 2.34. The maximum absolute atomic E-state index is 10.3. The number of ether oxygens (including phenoxy) is 1. The summed E-state index contributed by atoms with van der Waals surface area (Å²) in [5, 5.41) is 33.7. The van der Waals surface area contributed by atoms with E-state index in [1.165, 1.54) is 0 Å². The highest BCUT2D eigenvalue weighted by Crippen LogP contribution is 2.12. The normalized spacial score (nSPS) is 14.4. The van der Waals surface area contributed by atoms with E-state index in [1.807, 2.05) is 0 Å². The Bertz CT molecular complexity index is 259. The predicted octanol–water partition coefficient (Wildman–Crippen LogP) is -1.66. The molecule has 8 heteroatoms. The van der Waals surface area contributed by atoms with Crippen LogP contribution in [-0.2, 0) is 19.1 Å². The Labute approximate surface area is 77.3 Å². The lowest BCUT2D eigenvalue weighted by Crippen LogP contribution is -2.44. The maximum atomic E-state index is 10.3. The molecule has 0 aromatic heterocycles. The number of aliphatic hydroxyl groups is 1. The fourth-order valence-electron chi connectivity index (χ4n) is 0.574. The minimum atomic E-state index is -3.01. The number of hydrogen-bond acceptors (Lipinski definition) is 5. The Morgan fingerprint density at radius 3 is 1.86 bits per heavy atom. The molecule has 0 amide bonds. The van der Waals surface area contributed by atoms with Crippen molar-refractivity contribution < 1.29 is 39.5 Å². The number of carbonyl (C=O) groups is 3. The summed E-state index contributed by atoms with van der Waals surface area (Å²) >= 11 is 0. The lowest BCUT2D eigenvalue weighted by molar-refractivity contribution is -0.229. The number of aliphatic carboxylic acids is 3. The molecule has 1 unspecified atom stereocenters. The van der Waals surface area contributed by atoms with E-state index in [-0.39, 0.29) is 0 Å². The van der Waals surface area contributed by atoms with Crippen LogP contribution in [0.15, 0.2) is 0 Å². The molecule has 0 aliphatic heterocycles. The molecule has 0 aromatic carbocycles. The Hall–Kier alpha value is -1.67. The summed E-state index contributed by atoms with van der Waals surface area (Å²) in [6.45, 7) is -1.10. The number of hydrogen-bond donors (Lipinski definition) is 4. The Morgan fingerprint density at radius 1 is 1.07 bits per heavy atom. The van der Waals surface area contributed by atoms with E-state index in [1.54, 1.807) is 0 Å². The minimum Gasteiger partial charge on any atom is -0.481 e. The van der Waals surface area contributed by atoms with Gasteiger partial charge >= 0.3 is 17.9 Å². The first-order valence-electron chi connectivity index (χ1n) is 3.31. The van der Waals surface area contributed by atoms with Gasteiger partial charge in [0.1, 0.15) is 13.0 Å². The monoisotopic (exact) mass is 208 g/mol. The third-order valence-electron chi connectivity index (χ3n) is 1.16. The van der Waals surface area contributed by atoms with Crippen LogP contribution in [0.4, 0.5) is 0 Å². The molecule has 0 bridgehead atoms. The molecule has 0 aromatic rings. The van der Waals surface area contributed by atoms with Gasteiger partial charge in [0.15, 0.2) is 0 Å². The van der Waals surface area contributed by atoms with Crippen molar-refractivity contribution in [3.8, 4) is 0 Å². The fourth-order valence-corrected chi connectivity index (χ4v) is 0.574. The van der Waals surface area contributed by atoms with Gasteiger partial charge in [-0.05, 0) is 0 Å². The van der Waals surface area contributed by atoms with Gasteiger partial charge in [0.05, 0.1) is 0 Å². The van der Waals surface area contributed by atoms with Crippen molar-refractivity contribution in [2.75, 3.05) is 6.61 Å². The zero-order valence-electron chi connectivity index (χ0n) is 6.84. The summed E-state index contributed by atoms with van der Waals surface area (Å²) in [5.74, 6) is -8.11. The van der Waals surface area contributed by atoms with Gasteiger partial charge in [-0.25, -0.2) is 9.59 Å². The number of carboxylic acid groups (broad SMARTS) is 3. The van der Waals surface area contributed by atoms with Crippen LogP contribution in [0.2, 0.25) is 0 Å². The highest BCUT2D eigenvalue weighted by Gasteiger charge is 2.40. The summed E-state index contributed by atoms with van der Waals surface area (Å²) in [6.07, 6.45) is -1.24. The van der Waals surface area contributed by atoms with Crippen LogP contribution in [0.5, 0.6) is 0 Å². The van der Waals surface area contributed by atoms with Gasteiger partial charge in [0, 0.05) is 0 Å². The summed E-state index contributed by atoms with van der Waals surface area (Å²) in [7, 11) is 0. The van der Waals surface area contributed by atoms with E-state index >= 15 is 0 Å². The Kier molecular flexibility index (Phi) is 3.99. The van der Waals surface area contributed by atoms with Crippen molar-refractivity contribution in [3.63, 3.8) is 0 Å². The minimum absolute atomic E-state index is 1.10. The van der Waals surface area contributed by atoms with Gasteiger partial charge in [-0.1, -0.05) is 0 Å². The first-order valence-corrected chi connectivity index (χ1v) is 3.31. The van der Waals surface area contributed by atoms with Crippen LogP contribution < -0.4 is 0 Å². The summed E-state index contributed by atoms with van der Waals surface area (Å²) in [6, 6.07) is 0. The smallest absolute Gasteiger partial charge is 0.364 e. The van der Waals surface area contributed by atoms with Gasteiger partial charge in [-0.15, -0.1) is 0 Å². The predicted molar refractivity (Wildman–Crippen MR) is 38.4 cm³/mol. The van der Waals surface area contributed by atoms with Crippen molar-refractivity contribution in [1.82, 2.24) is 0 Å². The average Bonchev–Trinajstić information content (AvgIpc) is 1.99. The van der Waals surface area contributed by atoms with Crippen molar-refractivity contribution >= 4 is 17.9 Å². The van der Waals surface area contributed by atoms with Crippen molar-refractivity contribution in [2.24, 2.45) is 0 Å². The lowest BCUT2D eigenvalue weighted by Gasteiger charge is -2.20. The molecule has 80 valence electrons. The van der Waals surface area contributed by atoms with E-state index in [9.17, 15) is 14.4 Å². The second kappa shape index (κ2) is 4.53. The summed E-state index contributed by atoms with van der Waals surface area (Å²) in [4.78, 5) is 30.4.